The van der Waals surface area contributed by atoms with Crippen molar-refractivity contribution in [3.05, 3.63) is 0 Å². The highest BCUT2D eigenvalue weighted by Gasteiger charge is 2.32. The van der Waals surface area contributed by atoms with Gasteiger partial charge in [-0.05, 0) is 32.6 Å². The summed E-state index contributed by atoms with van der Waals surface area (Å²) in [6, 6.07) is -0.276. The smallest absolute Gasteiger partial charge is 0.307 e. The molecule has 8 heteroatoms. The lowest BCUT2D eigenvalue weighted by Gasteiger charge is -2.30. The number of nitrogens with one attached hydrogen (secondary N) is 1. The molecule has 0 aliphatic carbocycles. The van der Waals surface area contributed by atoms with Crippen LogP contribution in [0.5, 0.6) is 0 Å². The van der Waals surface area contributed by atoms with Gasteiger partial charge in [0.05, 0.1) is 5.92 Å². The Hall–Kier alpha value is -0.700. The van der Waals surface area contributed by atoms with Gasteiger partial charge in [0.15, 0.2) is 0 Å². The minimum Gasteiger partial charge on any atom is -0.481 e. The third kappa shape index (κ3) is 5.06. The lowest BCUT2D eigenvalue weighted by Crippen LogP contribution is -2.49. The van der Waals surface area contributed by atoms with Crippen LogP contribution in [0.2, 0.25) is 0 Å². The van der Waals surface area contributed by atoms with E-state index in [4.69, 9.17) is 10.2 Å². The predicted octanol–water partition coefficient (Wildman–Crippen LogP) is -0.222. The number of nitrogens with zero attached hydrogens (tertiary/aromatic N) is 1. The first kappa shape index (κ1) is 16.4. The molecule has 0 aromatic heterocycles. The van der Waals surface area contributed by atoms with Crippen LogP contribution in [0.4, 0.5) is 0 Å². The summed E-state index contributed by atoms with van der Waals surface area (Å²) >= 11 is 0. The second-order valence-corrected chi connectivity index (χ2v) is 6.63. The van der Waals surface area contributed by atoms with Gasteiger partial charge in [-0.25, -0.2) is 0 Å². The summed E-state index contributed by atoms with van der Waals surface area (Å²) in [6.45, 7) is 2.13. The molecule has 0 aromatic rings. The molecule has 1 fully saturated rings. The minimum atomic E-state index is -3.64. The SMILES string of the molecule is CC(CCCO)NS(=O)(=O)N1CCCC(C(=O)O)C1. The van der Waals surface area contributed by atoms with E-state index in [-0.39, 0.29) is 19.2 Å². The zero-order valence-electron chi connectivity index (χ0n) is 11.1. The van der Waals surface area contributed by atoms with Crippen molar-refractivity contribution < 1.29 is 23.4 Å². The number of hydrogen-bond donors (Lipinski definition) is 3. The lowest BCUT2D eigenvalue weighted by molar-refractivity contribution is -0.142. The van der Waals surface area contributed by atoms with Crippen molar-refractivity contribution in [2.75, 3.05) is 19.7 Å². The Balaban J connectivity index is 2.58. The van der Waals surface area contributed by atoms with E-state index in [1.807, 2.05) is 0 Å². The molecule has 0 aromatic carbocycles. The molecule has 0 spiro atoms. The molecular weight excluding hydrogens is 272 g/mol. The molecule has 7 nitrogen and oxygen atoms in total. The topological polar surface area (TPSA) is 107 Å². The maximum atomic E-state index is 12.1. The monoisotopic (exact) mass is 294 g/mol. The number of aliphatic hydroxyl groups excluding tert-OH is 1. The van der Waals surface area contributed by atoms with Crippen LogP contribution in [0.3, 0.4) is 0 Å². The van der Waals surface area contributed by atoms with Crippen LogP contribution >= 0.6 is 0 Å². The minimum absolute atomic E-state index is 0.0247. The average molecular weight is 294 g/mol. The van der Waals surface area contributed by atoms with E-state index in [1.54, 1.807) is 6.92 Å². The summed E-state index contributed by atoms with van der Waals surface area (Å²) in [7, 11) is -3.64. The summed E-state index contributed by atoms with van der Waals surface area (Å²) in [5, 5.41) is 17.7. The zero-order chi connectivity index (χ0) is 14.5. The van der Waals surface area contributed by atoms with Gasteiger partial charge in [0, 0.05) is 25.7 Å². The fourth-order valence-electron chi connectivity index (χ4n) is 2.15. The number of carboxylic acid groups (broad SMARTS) is 1. The van der Waals surface area contributed by atoms with Crippen LogP contribution in [0.15, 0.2) is 0 Å². The molecule has 1 aliphatic heterocycles. The number of carboxylic acids is 1. The summed E-state index contributed by atoms with van der Waals surface area (Å²) in [5.41, 5.74) is 0. The normalized spacial score (nSPS) is 23.2. The van der Waals surface area contributed by atoms with Crippen LogP contribution in [0, 0.1) is 5.92 Å². The van der Waals surface area contributed by atoms with Gasteiger partial charge >= 0.3 is 5.97 Å². The van der Waals surface area contributed by atoms with Crippen molar-refractivity contribution in [2.24, 2.45) is 5.92 Å². The Kier molecular flexibility index (Phi) is 6.18. The van der Waals surface area contributed by atoms with Gasteiger partial charge in [0.1, 0.15) is 0 Å². The van der Waals surface area contributed by atoms with Gasteiger partial charge in [0.2, 0.25) is 0 Å². The molecule has 1 rings (SSSR count). The summed E-state index contributed by atoms with van der Waals surface area (Å²) < 4.78 is 27.9. The first-order valence-corrected chi connectivity index (χ1v) is 7.92. The number of hydrogen-bond acceptors (Lipinski definition) is 4. The lowest BCUT2D eigenvalue weighted by atomic mass is 10.0. The van der Waals surface area contributed by atoms with Crippen molar-refractivity contribution in [3.8, 4) is 0 Å². The molecule has 1 saturated heterocycles. The van der Waals surface area contributed by atoms with Crippen LogP contribution in [-0.4, -0.2) is 54.6 Å². The number of carbonyl (C=O) groups is 1. The Morgan fingerprint density at radius 3 is 2.79 bits per heavy atom. The number of piperidine rings is 1. The fourth-order valence-corrected chi connectivity index (χ4v) is 3.67. The molecule has 19 heavy (non-hydrogen) atoms. The van der Waals surface area contributed by atoms with Gasteiger partial charge in [-0.15, -0.1) is 0 Å². The fraction of sp³-hybridized carbons (Fsp3) is 0.909. The highest BCUT2D eigenvalue weighted by molar-refractivity contribution is 7.87. The van der Waals surface area contributed by atoms with E-state index in [1.165, 1.54) is 4.31 Å². The number of aliphatic hydroxyl groups is 1. The molecule has 0 saturated carbocycles. The van der Waals surface area contributed by atoms with Gasteiger partial charge in [-0.1, -0.05) is 0 Å². The number of rotatable bonds is 7. The third-order valence-electron chi connectivity index (χ3n) is 3.22. The molecule has 0 amide bonds. The van der Waals surface area contributed by atoms with Gasteiger partial charge in [-0.3, -0.25) is 4.79 Å². The predicted molar refractivity (Wildman–Crippen MR) is 69.8 cm³/mol. The molecular formula is C11H22N2O5S. The Morgan fingerprint density at radius 2 is 2.21 bits per heavy atom. The first-order valence-electron chi connectivity index (χ1n) is 6.48. The second-order valence-electron chi connectivity index (χ2n) is 4.93. The van der Waals surface area contributed by atoms with E-state index in [0.717, 1.165) is 0 Å². The van der Waals surface area contributed by atoms with Crippen molar-refractivity contribution in [1.29, 1.82) is 0 Å². The van der Waals surface area contributed by atoms with Crippen LogP contribution in [-0.2, 0) is 15.0 Å². The van der Waals surface area contributed by atoms with Crippen LogP contribution < -0.4 is 4.72 Å². The maximum Gasteiger partial charge on any atom is 0.307 e. The Bertz CT molecular complexity index is 398. The molecule has 2 atom stereocenters. The Labute approximate surface area is 113 Å². The van der Waals surface area contributed by atoms with Crippen LogP contribution in [0.25, 0.3) is 0 Å². The van der Waals surface area contributed by atoms with Gasteiger partial charge in [-0.2, -0.15) is 17.4 Å². The second kappa shape index (κ2) is 7.18. The van der Waals surface area contributed by atoms with Gasteiger partial charge in [0.25, 0.3) is 10.2 Å². The number of aliphatic carboxylic acids is 1. The summed E-state index contributed by atoms with van der Waals surface area (Å²) in [5.74, 6) is -1.58. The largest absolute Gasteiger partial charge is 0.481 e. The van der Waals surface area contributed by atoms with Crippen molar-refractivity contribution in [3.63, 3.8) is 0 Å². The highest BCUT2D eigenvalue weighted by Crippen LogP contribution is 2.19. The van der Waals surface area contributed by atoms with Crippen LogP contribution in [0.1, 0.15) is 32.6 Å². The van der Waals surface area contributed by atoms with Crippen molar-refractivity contribution >= 4 is 16.2 Å². The molecule has 3 N–H and O–H groups in total. The first-order chi connectivity index (χ1) is 8.86. The maximum absolute atomic E-state index is 12.1. The van der Waals surface area contributed by atoms with E-state index < -0.39 is 22.1 Å². The molecule has 1 aliphatic rings. The molecule has 2 unspecified atom stereocenters. The summed E-state index contributed by atoms with van der Waals surface area (Å²) in [4.78, 5) is 10.9. The van der Waals surface area contributed by atoms with E-state index in [2.05, 4.69) is 4.72 Å². The zero-order valence-corrected chi connectivity index (χ0v) is 11.9. The molecule has 112 valence electrons. The Morgan fingerprint density at radius 1 is 1.53 bits per heavy atom. The quantitative estimate of drug-likeness (QED) is 0.601. The van der Waals surface area contributed by atoms with E-state index in [0.29, 0.717) is 32.2 Å². The third-order valence-corrected chi connectivity index (χ3v) is 4.93. The van der Waals surface area contributed by atoms with Crippen molar-refractivity contribution in [1.82, 2.24) is 9.03 Å². The van der Waals surface area contributed by atoms with Gasteiger partial charge < -0.3 is 10.2 Å². The van der Waals surface area contributed by atoms with E-state index in [9.17, 15) is 13.2 Å². The standard InChI is InChI=1S/C11H22N2O5S/c1-9(4-3-7-14)12-19(17,18)13-6-2-5-10(8-13)11(15)16/h9-10,12,14H,2-8H2,1H3,(H,15,16). The van der Waals surface area contributed by atoms with E-state index >= 15 is 0 Å². The molecule has 0 bridgehead atoms. The highest BCUT2D eigenvalue weighted by atomic mass is 32.2. The summed E-state index contributed by atoms with van der Waals surface area (Å²) in [6.07, 6.45) is 2.15. The molecule has 1 heterocycles. The average Bonchev–Trinajstić information content (AvgIpc) is 2.36. The van der Waals surface area contributed by atoms with Crippen molar-refractivity contribution in [2.45, 2.75) is 38.6 Å². The molecule has 0 radical (unpaired) electrons.